The molecule has 0 bridgehead atoms. The third-order valence-corrected chi connectivity index (χ3v) is 5.52. The van der Waals surface area contributed by atoms with Crippen molar-refractivity contribution in [2.45, 2.75) is 49.3 Å². The molecule has 4 heteroatoms. The number of carboxylic acids is 1. The van der Waals surface area contributed by atoms with E-state index < -0.39 is 5.97 Å². The lowest BCUT2D eigenvalue weighted by Crippen LogP contribution is -2.35. The topological polar surface area (TPSA) is 63.3 Å². The molecule has 1 saturated heterocycles. The maximum atomic E-state index is 10.6. The summed E-state index contributed by atoms with van der Waals surface area (Å²) in [4.78, 5) is 10.6. The van der Waals surface area contributed by atoms with Crippen molar-refractivity contribution < 1.29 is 9.90 Å². The fourth-order valence-corrected chi connectivity index (χ4v) is 4.53. The first kappa shape index (κ1) is 11.3. The predicted octanol–water partition coefficient (Wildman–Crippen LogP) is 1.85. The lowest BCUT2D eigenvalue weighted by Gasteiger charge is -2.35. The number of hydrogen-bond donors (Lipinski definition) is 2. The smallest absolute Gasteiger partial charge is 0.303 e. The molecule has 15 heavy (non-hydrogen) atoms. The number of hydrogen-bond acceptors (Lipinski definition) is 3. The molecule has 1 heterocycles. The molecule has 0 aromatic rings. The van der Waals surface area contributed by atoms with Crippen molar-refractivity contribution in [3.8, 4) is 0 Å². The molecule has 0 radical (unpaired) electrons. The Bertz CT molecular complexity index is 249. The Balaban J connectivity index is 1.88. The van der Waals surface area contributed by atoms with Crippen LogP contribution >= 0.6 is 11.8 Å². The van der Waals surface area contributed by atoms with Crippen molar-refractivity contribution in [1.29, 1.82) is 0 Å². The minimum absolute atomic E-state index is 0.348. The van der Waals surface area contributed by atoms with Gasteiger partial charge >= 0.3 is 5.97 Å². The van der Waals surface area contributed by atoms with Crippen LogP contribution in [-0.2, 0) is 4.79 Å². The quantitative estimate of drug-likeness (QED) is 0.758. The molecular formula is C11H19NO2S. The van der Waals surface area contributed by atoms with Gasteiger partial charge in [0, 0.05) is 17.2 Å². The second-order valence-electron chi connectivity index (χ2n) is 5.00. The molecule has 1 saturated carbocycles. The van der Waals surface area contributed by atoms with Crippen molar-refractivity contribution >= 4 is 17.7 Å². The molecule has 1 spiro atoms. The summed E-state index contributed by atoms with van der Waals surface area (Å²) in [7, 11) is 0. The van der Waals surface area contributed by atoms with E-state index in [1.807, 2.05) is 11.8 Å². The van der Waals surface area contributed by atoms with Crippen molar-refractivity contribution in [2.75, 3.05) is 5.75 Å². The Morgan fingerprint density at radius 3 is 2.73 bits per heavy atom. The van der Waals surface area contributed by atoms with Crippen LogP contribution in [0.1, 0.15) is 38.5 Å². The summed E-state index contributed by atoms with van der Waals surface area (Å²) in [5.41, 5.74) is 5.90. The summed E-state index contributed by atoms with van der Waals surface area (Å²) in [6, 6.07) is 0.384. The zero-order valence-electron chi connectivity index (χ0n) is 8.95. The van der Waals surface area contributed by atoms with Gasteiger partial charge in [0.2, 0.25) is 0 Å². The van der Waals surface area contributed by atoms with Crippen LogP contribution in [0.15, 0.2) is 0 Å². The lowest BCUT2D eigenvalue weighted by atomic mass is 9.80. The van der Waals surface area contributed by atoms with Crippen LogP contribution in [0.5, 0.6) is 0 Å². The highest BCUT2D eigenvalue weighted by molar-refractivity contribution is 8.00. The van der Waals surface area contributed by atoms with Crippen LogP contribution in [-0.4, -0.2) is 27.6 Å². The number of nitrogens with two attached hydrogens (primary N) is 1. The second-order valence-corrected chi connectivity index (χ2v) is 6.49. The Morgan fingerprint density at radius 2 is 2.13 bits per heavy atom. The van der Waals surface area contributed by atoms with Crippen LogP contribution in [0.25, 0.3) is 0 Å². The standard InChI is InChI=1S/C11H19NO2S/c12-9-1-3-11(4-2-9)6-8(7-15-11)5-10(13)14/h8-9H,1-7,12H2,(H,13,14). The maximum Gasteiger partial charge on any atom is 0.303 e. The van der Waals surface area contributed by atoms with E-state index in [1.54, 1.807) is 0 Å². The van der Waals surface area contributed by atoms with Gasteiger partial charge in [-0.2, -0.15) is 11.8 Å². The number of aliphatic carboxylic acids is 1. The average Bonchev–Trinajstić information content (AvgIpc) is 2.54. The average molecular weight is 229 g/mol. The highest BCUT2D eigenvalue weighted by Crippen LogP contribution is 2.50. The molecular weight excluding hydrogens is 210 g/mol. The first-order valence-electron chi connectivity index (χ1n) is 5.71. The Labute approximate surface area is 94.8 Å². The van der Waals surface area contributed by atoms with E-state index in [9.17, 15) is 4.79 Å². The van der Waals surface area contributed by atoms with Gasteiger partial charge < -0.3 is 10.8 Å². The van der Waals surface area contributed by atoms with Crippen LogP contribution in [0.2, 0.25) is 0 Å². The van der Waals surface area contributed by atoms with Crippen molar-refractivity contribution in [3.63, 3.8) is 0 Å². The van der Waals surface area contributed by atoms with Crippen molar-refractivity contribution in [2.24, 2.45) is 11.7 Å². The van der Waals surface area contributed by atoms with Gasteiger partial charge in [-0.1, -0.05) is 0 Å². The molecule has 86 valence electrons. The fraction of sp³-hybridized carbons (Fsp3) is 0.909. The fourth-order valence-electron chi connectivity index (χ4n) is 2.83. The third-order valence-electron chi connectivity index (χ3n) is 3.69. The van der Waals surface area contributed by atoms with E-state index in [0.29, 0.717) is 23.1 Å². The minimum atomic E-state index is -0.648. The van der Waals surface area contributed by atoms with Crippen LogP contribution < -0.4 is 5.73 Å². The summed E-state index contributed by atoms with van der Waals surface area (Å²) < 4.78 is 0.385. The zero-order valence-corrected chi connectivity index (χ0v) is 9.76. The van der Waals surface area contributed by atoms with Gasteiger partial charge in [-0.05, 0) is 43.8 Å². The molecule has 1 atom stereocenters. The summed E-state index contributed by atoms with van der Waals surface area (Å²) in [5, 5.41) is 8.77. The number of thioether (sulfide) groups is 1. The normalized spacial score (nSPS) is 40.9. The number of carbonyl (C=O) groups is 1. The number of carboxylic acid groups (broad SMARTS) is 1. The molecule has 1 aliphatic carbocycles. The van der Waals surface area contributed by atoms with Crippen molar-refractivity contribution in [1.82, 2.24) is 0 Å². The Morgan fingerprint density at radius 1 is 1.47 bits per heavy atom. The molecule has 1 aliphatic heterocycles. The lowest BCUT2D eigenvalue weighted by molar-refractivity contribution is -0.137. The number of rotatable bonds is 2. The third kappa shape index (κ3) is 2.67. The van der Waals surface area contributed by atoms with E-state index in [1.165, 1.54) is 12.8 Å². The summed E-state index contributed by atoms with van der Waals surface area (Å²) in [6.07, 6.45) is 6.06. The van der Waals surface area contributed by atoms with E-state index in [4.69, 9.17) is 10.8 Å². The summed E-state index contributed by atoms with van der Waals surface area (Å²) in [5.74, 6) is 0.772. The summed E-state index contributed by atoms with van der Waals surface area (Å²) in [6.45, 7) is 0. The molecule has 1 unspecified atom stereocenters. The Hall–Kier alpha value is -0.220. The van der Waals surface area contributed by atoms with Gasteiger partial charge in [0.15, 0.2) is 0 Å². The van der Waals surface area contributed by atoms with Crippen molar-refractivity contribution in [3.05, 3.63) is 0 Å². The Kier molecular flexibility index (Phi) is 3.26. The van der Waals surface area contributed by atoms with Gasteiger partial charge in [-0.15, -0.1) is 0 Å². The van der Waals surface area contributed by atoms with Crippen LogP contribution in [0.4, 0.5) is 0 Å². The molecule has 2 fully saturated rings. The van der Waals surface area contributed by atoms with E-state index in [-0.39, 0.29) is 0 Å². The van der Waals surface area contributed by atoms with Gasteiger partial charge in [0.05, 0.1) is 0 Å². The molecule has 3 N–H and O–H groups in total. The molecule has 0 aromatic carbocycles. The van der Waals surface area contributed by atoms with Crippen LogP contribution in [0.3, 0.4) is 0 Å². The van der Waals surface area contributed by atoms with Gasteiger partial charge in [0.1, 0.15) is 0 Å². The minimum Gasteiger partial charge on any atom is -0.481 e. The van der Waals surface area contributed by atoms with E-state index in [0.717, 1.165) is 25.0 Å². The van der Waals surface area contributed by atoms with Gasteiger partial charge in [0.25, 0.3) is 0 Å². The SMILES string of the molecule is NC1CCC2(CC1)CC(CC(=O)O)CS2. The van der Waals surface area contributed by atoms with Gasteiger partial charge in [-0.3, -0.25) is 4.79 Å². The highest BCUT2D eigenvalue weighted by Gasteiger charge is 2.42. The molecule has 0 aromatic heterocycles. The molecule has 2 aliphatic rings. The molecule has 2 rings (SSSR count). The second kappa shape index (κ2) is 4.34. The monoisotopic (exact) mass is 229 g/mol. The van der Waals surface area contributed by atoms with Gasteiger partial charge in [-0.25, -0.2) is 0 Å². The predicted molar refractivity (Wildman–Crippen MR) is 62.0 cm³/mol. The first-order valence-corrected chi connectivity index (χ1v) is 6.69. The van der Waals surface area contributed by atoms with Crippen LogP contribution in [0, 0.1) is 5.92 Å². The molecule has 0 amide bonds. The summed E-state index contributed by atoms with van der Waals surface area (Å²) >= 11 is 2.00. The largest absolute Gasteiger partial charge is 0.481 e. The zero-order chi connectivity index (χ0) is 10.9. The molecule has 3 nitrogen and oxygen atoms in total. The van der Waals surface area contributed by atoms with E-state index >= 15 is 0 Å². The highest BCUT2D eigenvalue weighted by atomic mass is 32.2. The first-order chi connectivity index (χ1) is 7.10. The maximum absolute atomic E-state index is 10.6. The van der Waals surface area contributed by atoms with E-state index in [2.05, 4.69) is 0 Å².